The van der Waals surface area contributed by atoms with Gasteiger partial charge in [0.2, 0.25) is 0 Å². The second-order valence-electron chi connectivity index (χ2n) is 5.89. The van der Waals surface area contributed by atoms with Gasteiger partial charge in [0.25, 0.3) is 0 Å². The molecule has 0 saturated carbocycles. The van der Waals surface area contributed by atoms with Crippen molar-refractivity contribution in [2.75, 3.05) is 45.8 Å². The van der Waals surface area contributed by atoms with Crippen LogP contribution in [0.2, 0.25) is 0 Å². The molecule has 2 heterocycles. The fourth-order valence-corrected chi connectivity index (χ4v) is 3.40. The molecule has 3 nitrogen and oxygen atoms in total. The van der Waals surface area contributed by atoms with Crippen molar-refractivity contribution in [1.82, 2.24) is 15.1 Å². The van der Waals surface area contributed by atoms with Crippen LogP contribution in [0, 0.1) is 0 Å². The number of likely N-dealkylation sites (tertiary alicyclic amines) is 1. The largest absolute Gasteiger partial charge is 0.314 e. The van der Waals surface area contributed by atoms with Gasteiger partial charge < -0.3 is 15.1 Å². The van der Waals surface area contributed by atoms with Gasteiger partial charge in [0.15, 0.2) is 0 Å². The molecular weight excluding hydrogens is 222 g/mol. The molecule has 0 radical (unpaired) electrons. The second-order valence-corrected chi connectivity index (χ2v) is 5.89. The molecule has 1 atom stereocenters. The minimum atomic E-state index is 0.887. The van der Waals surface area contributed by atoms with Gasteiger partial charge in [-0.3, -0.25) is 0 Å². The summed E-state index contributed by atoms with van der Waals surface area (Å²) in [5.74, 6) is 0. The maximum atomic E-state index is 3.42. The van der Waals surface area contributed by atoms with Gasteiger partial charge in [0, 0.05) is 32.2 Å². The lowest BCUT2D eigenvalue weighted by atomic mass is 10.00. The number of piperidine rings is 1. The molecule has 1 unspecified atom stereocenters. The summed E-state index contributed by atoms with van der Waals surface area (Å²) < 4.78 is 0. The van der Waals surface area contributed by atoms with Crippen molar-refractivity contribution in [1.29, 1.82) is 0 Å². The van der Waals surface area contributed by atoms with E-state index in [0.29, 0.717) is 0 Å². The van der Waals surface area contributed by atoms with E-state index in [2.05, 4.69) is 22.0 Å². The number of piperazine rings is 1. The molecule has 0 aromatic heterocycles. The van der Waals surface area contributed by atoms with Crippen molar-refractivity contribution >= 4 is 0 Å². The summed E-state index contributed by atoms with van der Waals surface area (Å²) in [6.07, 6.45) is 8.43. The lowest BCUT2D eigenvalue weighted by molar-refractivity contribution is 0.138. The Kier molecular flexibility index (Phi) is 6.46. The first-order valence-electron chi connectivity index (χ1n) is 8.07. The summed E-state index contributed by atoms with van der Waals surface area (Å²) in [5.41, 5.74) is 0. The summed E-state index contributed by atoms with van der Waals surface area (Å²) >= 11 is 0. The number of hydrogen-bond acceptors (Lipinski definition) is 3. The number of unbranched alkanes of at least 4 members (excludes halogenated alkanes) is 1. The Hall–Kier alpha value is -0.120. The van der Waals surface area contributed by atoms with Gasteiger partial charge >= 0.3 is 0 Å². The molecule has 0 amide bonds. The van der Waals surface area contributed by atoms with E-state index in [0.717, 1.165) is 6.04 Å². The second kappa shape index (κ2) is 8.13. The van der Waals surface area contributed by atoms with Crippen molar-refractivity contribution in [2.45, 2.75) is 51.5 Å². The van der Waals surface area contributed by atoms with Crippen LogP contribution in [0.1, 0.15) is 45.4 Å². The zero-order valence-corrected chi connectivity index (χ0v) is 12.2. The molecular formula is C15H31N3. The Balaban J connectivity index is 1.56. The maximum Gasteiger partial charge on any atom is 0.0107 e. The van der Waals surface area contributed by atoms with Crippen molar-refractivity contribution in [3.63, 3.8) is 0 Å². The quantitative estimate of drug-likeness (QED) is 0.730. The predicted molar refractivity (Wildman–Crippen MR) is 78.0 cm³/mol. The number of nitrogens with one attached hydrogen (secondary N) is 1. The van der Waals surface area contributed by atoms with Crippen LogP contribution < -0.4 is 5.32 Å². The van der Waals surface area contributed by atoms with Gasteiger partial charge in [0.1, 0.15) is 0 Å². The van der Waals surface area contributed by atoms with Gasteiger partial charge in [-0.15, -0.1) is 0 Å². The van der Waals surface area contributed by atoms with E-state index < -0.39 is 0 Å². The number of rotatable bonds is 6. The van der Waals surface area contributed by atoms with Gasteiger partial charge in [0.05, 0.1) is 0 Å². The van der Waals surface area contributed by atoms with Crippen molar-refractivity contribution < 1.29 is 0 Å². The summed E-state index contributed by atoms with van der Waals surface area (Å²) in [6, 6.07) is 0.887. The molecule has 2 aliphatic rings. The molecule has 0 aliphatic carbocycles. The van der Waals surface area contributed by atoms with Gasteiger partial charge in [-0.05, 0) is 51.7 Å². The fraction of sp³-hybridized carbons (Fsp3) is 1.00. The molecule has 2 saturated heterocycles. The molecule has 0 bridgehead atoms. The van der Waals surface area contributed by atoms with Crippen LogP contribution in [0.4, 0.5) is 0 Å². The van der Waals surface area contributed by atoms with Gasteiger partial charge in [-0.1, -0.05) is 13.3 Å². The normalized spacial score (nSPS) is 27.5. The Morgan fingerprint density at radius 2 is 1.78 bits per heavy atom. The van der Waals surface area contributed by atoms with E-state index in [9.17, 15) is 0 Å². The minimum absolute atomic E-state index is 0.887. The summed E-state index contributed by atoms with van der Waals surface area (Å²) in [6.45, 7) is 11.2. The molecule has 106 valence electrons. The van der Waals surface area contributed by atoms with Crippen LogP contribution >= 0.6 is 0 Å². The monoisotopic (exact) mass is 253 g/mol. The highest BCUT2D eigenvalue weighted by Crippen LogP contribution is 2.19. The van der Waals surface area contributed by atoms with Crippen LogP contribution in [0.15, 0.2) is 0 Å². The average molecular weight is 253 g/mol. The van der Waals surface area contributed by atoms with Gasteiger partial charge in [-0.2, -0.15) is 0 Å². The van der Waals surface area contributed by atoms with Crippen LogP contribution in [0.3, 0.4) is 0 Å². The molecule has 0 aromatic rings. The molecule has 0 spiro atoms. The van der Waals surface area contributed by atoms with Crippen LogP contribution in [-0.4, -0.2) is 61.7 Å². The number of hydrogen-bond donors (Lipinski definition) is 1. The average Bonchev–Trinajstić information content (AvgIpc) is 2.45. The molecule has 2 aliphatic heterocycles. The standard InChI is InChI=1S/C15H31N3/c1-2-15-7-3-4-11-18(15)12-6-5-10-17-13-8-16-9-14-17/h15-16H,2-14H2,1H3. The van der Waals surface area contributed by atoms with Crippen molar-refractivity contribution in [2.24, 2.45) is 0 Å². The van der Waals surface area contributed by atoms with Gasteiger partial charge in [-0.25, -0.2) is 0 Å². The minimum Gasteiger partial charge on any atom is -0.314 e. The predicted octanol–water partition coefficient (Wildman–Crippen LogP) is 1.94. The first-order chi connectivity index (χ1) is 8.90. The third-order valence-electron chi connectivity index (χ3n) is 4.60. The summed E-state index contributed by atoms with van der Waals surface area (Å²) in [7, 11) is 0. The Morgan fingerprint density at radius 3 is 2.56 bits per heavy atom. The Morgan fingerprint density at radius 1 is 1.00 bits per heavy atom. The van der Waals surface area contributed by atoms with E-state index in [1.165, 1.54) is 84.3 Å². The molecule has 0 aromatic carbocycles. The SMILES string of the molecule is CCC1CCCCN1CCCCN1CCNCC1. The molecule has 3 heteroatoms. The zero-order chi connectivity index (χ0) is 12.6. The Bertz CT molecular complexity index is 214. The highest BCUT2D eigenvalue weighted by Gasteiger charge is 2.19. The van der Waals surface area contributed by atoms with E-state index in [1.807, 2.05) is 0 Å². The maximum absolute atomic E-state index is 3.42. The first kappa shape index (κ1) is 14.3. The third-order valence-corrected chi connectivity index (χ3v) is 4.60. The van der Waals surface area contributed by atoms with Crippen LogP contribution in [0.25, 0.3) is 0 Å². The van der Waals surface area contributed by atoms with Crippen molar-refractivity contribution in [3.05, 3.63) is 0 Å². The third kappa shape index (κ3) is 4.52. The highest BCUT2D eigenvalue weighted by atomic mass is 15.2. The fourth-order valence-electron chi connectivity index (χ4n) is 3.40. The van der Waals surface area contributed by atoms with Crippen LogP contribution in [-0.2, 0) is 0 Å². The molecule has 18 heavy (non-hydrogen) atoms. The first-order valence-corrected chi connectivity index (χ1v) is 8.07. The highest BCUT2D eigenvalue weighted by molar-refractivity contribution is 4.76. The van der Waals surface area contributed by atoms with E-state index in [4.69, 9.17) is 0 Å². The molecule has 2 rings (SSSR count). The lowest BCUT2D eigenvalue weighted by Crippen LogP contribution is -2.44. The molecule has 1 N–H and O–H groups in total. The van der Waals surface area contributed by atoms with E-state index in [1.54, 1.807) is 0 Å². The Labute approximate surface area is 113 Å². The molecule has 2 fully saturated rings. The zero-order valence-electron chi connectivity index (χ0n) is 12.2. The van der Waals surface area contributed by atoms with E-state index in [-0.39, 0.29) is 0 Å². The van der Waals surface area contributed by atoms with Crippen molar-refractivity contribution in [3.8, 4) is 0 Å². The summed E-state index contributed by atoms with van der Waals surface area (Å²) in [5, 5.41) is 3.42. The van der Waals surface area contributed by atoms with Crippen LogP contribution in [0.5, 0.6) is 0 Å². The smallest absolute Gasteiger partial charge is 0.0107 e. The lowest BCUT2D eigenvalue weighted by Gasteiger charge is -2.35. The topological polar surface area (TPSA) is 18.5 Å². The number of nitrogens with zero attached hydrogens (tertiary/aromatic N) is 2. The summed E-state index contributed by atoms with van der Waals surface area (Å²) in [4.78, 5) is 5.37. The van der Waals surface area contributed by atoms with E-state index >= 15 is 0 Å².